The Balaban J connectivity index is 1.40. The average molecular weight is 528 g/mol. The summed E-state index contributed by atoms with van der Waals surface area (Å²) in [5.74, 6) is -1.12. The number of nitrogens with two attached hydrogens (primary N) is 2. The van der Waals surface area contributed by atoms with Gasteiger partial charge in [0, 0.05) is 12.1 Å². The van der Waals surface area contributed by atoms with Gasteiger partial charge in [-0.1, -0.05) is 109 Å². The van der Waals surface area contributed by atoms with E-state index in [1.807, 2.05) is 54.6 Å². The third-order valence-corrected chi connectivity index (χ3v) is 7.22. The summed E-state index contributed by atoms with van der Waals surface area (Å²) >= 11 is 0. The van der Waals surface area contributed by atoms with Crippen LogP contribution in [0.5, 0.6) is 0 Å². The summed E-state index contributed by atoms with van der Waals surface area (Å²) in [5, 5.41) is 7.70. The van der Waals surface area contributed by atoms with Gasteiger partial charge in [0.2, 0.25) is 5.91 Å². The molecule has 5 aromatic rings. The van der Waals surface area contributed by atoms with E-state index in [0.29, 0.717) is 24.9 Å². The van der Waals surface area contributed by atoms with Crippen molar-refractivity contribution in [1.82, 2.24) is 5.32 Å². The van der Waals surface area contributed by atoms with Crippen molar-refractivity contribution >= 4 is 33.4 Å². The molecule has 0 fully saturated rings. The molecule has 5 heteroatoms. The van der Waals surface area contributed by atoms with Gasteiger partial charge in [-0.15, -0.1) is 0 Å². The third kappa shape index (κ3) is 6.63. The van der Waals surface area contributed by atoms with Gasteiger partial charge in [-0.05, 0) is 63.2 Å². The Morgan fingerprint density at radius 3 is 1.85 bits per heavy atom. The molecule has 5 nitrogen and oxygen atoms in total. The van der Waals surface area contributed by atoms with Crippen LogP contribution in [0, 0.1) is 5.92 Å². The van der Waals surface area contributed by atoms with Crippen LogP contribution in [0.15, 0.2) is 121 Å². The largest absolute Gasteiger partial charge is 0.369 e. The second-order valence-electron chi connectivity index (χ2n) is 10.1. The second kappa shape index (κ2) is 12.4. The van der Waals surface area contributed by atoms with Gasteiger partial charge in [-0.3, -0.25) is 9.59 Å². The summed E-state index contributed by atoms with van der Waals surface area (Å²) in [6.45, 7) is 0.358. The quantitative estimate of drug-likeness (QED) is 0.203. The lowest BCUT2D eigenvalue weighted by molar-refractivity contribution is -0.120. The fraction of sp³-hybridized carbons (Fsp3) is 0.143. The summed E-state index contributed by atoms with van der Waals surface area (Å²) in [5.41, 5.74) is 15.2. The fourth-order valence-electron chi connectivity index (χ4n) is 5.03. The van der Waals surface area contributed by atoms with E-state index in [9.17, 15) is 9.59 Å². The van der Waals surface area contributed by atoms with Gasteiger partial charge in [0.05, 0.1) is 12.0 Å². The molecule has 0 aromatic heterocycles. The number of benzene rings is 5. The molecule has 5 aromatic carbocycles. The van der Waals surface area contributed by atoms with Crippen molar-refractivity contribution in [3.8, 4) is 0 Å². The van der Waals surface area contributed by atoms with E-state index in [2.05, 4.69) is 59.9 Å². The molecule has 2 amide bonds. The third-order valence-electron chi connectivity index (χ3n) is 7.22. The number of hydrogen-bond acceptors (Lipinski definition) is 3. The molecule has 5 N–H and O–H groups in total. The first kappa shape index (κ1) is 26.9. The summed E-state index contributed by atoms with van der Waals surface area (Å²) in [7, 11) is 0. The minimum Gasteiger partial charge on any atom is -0.369 e. The van der Waals surface area contributed by atoms with E-state index >= 15 is 0 Å². The maximum Gasteiger partial charge on any atom is 0.251 e. The average Bonchev–Trinajstić information content (AvgIpc) is 2.98. The van der Waals surface area contributed by atoms with Crippen molar-refractivity contribution in [2.45, 2.75) is 25.4 Å². The molecule has 0 bridgehead atoms. The van der Waals surface area contributed by atoms with Crippen LogP contribution < -0.4 is 16.8 Å². The van der Waals surface area contributed by atoms with Gasteiger partial charge in [-0.2, -0.15) is 0 Å². The van der Waals surface area contributed by atoms with E-state index in [-0.39, 0.29) is 11.9 Å². The molecule has 2 unspecified atom stereocenters. The predicted octanol–water partition coefficient (Wildman–Crippen LogP) is 5.69. The minimum absolute atomic E-state index is 0.198. The van der Waals surface area contributed by atoms with Gasteiger partial charge >= 0.3 is 0 Å². The van der Waals surface area contributed by atoms with E-state index in [1.54, 1.807) is 12.1 Å². The summed E-state index contributed by atoms with van der Waals surface area (Å²) < 4.78 is 0. The lowest BCUT2D eigenvalue weighted by Gasteiger charge is -2.18. The Bertz CT molecular complexity index is 1690. The number of carbonyl (C=O) groups is 2. The van der Waals surface area contributed by atoms with Crippen LogP contribution in [0.25, 0.3) is 21.5 Å². The van der Waals surface area contributed by atoms with Gasteiger partial charge in [0.15, 0.2) is 0 Å². The van der Waals surface area contributed by atoms with Crippen molar-refractivity contribution in [2.24, 2.45) is 17.4 Å². The Hall–Kier alpha value is -4.74. The van der Waals surface area contributed by atoms with Crippen LogP contribution >= 0.6 is 0 Å². The summed E-state index contributed by atoms with van der Waals surface area (Å²) in [6, 6.07) is 35.8. The van der Waals surface area contributed by atoms with E-state index < -0.39 is 11.8 Å². The first-order chi connectivity index (χ1) is 19.5. The maximum absolute atomic E-state index is 13.2. The molecule has 200 valence electrons. The van der Waals surface area contributed by atoms with Crippen molar-refractivity contribution in [3.63, 3.8) is 0 Å². The molecule has 40 heavy (non-hydrogen) atoms. The summed E-state index contributed by atoms with van der Waals surface area (Å²) in [6.07, 6.45) is 4.77. The summed E-state index contributed by atoms with van der Waals surface area (Å²) in [4.78, 5) is 25.7. The monoisotopic (exact) mass is 527 g/mol. The van der Waals surface area contributed by atoms with Crippen LogP contribution in [-0.2, 0) is 24.2 Å². The number of nitrogens with one attached hydrogen (secondary N) is 1. The van der Waals surface area contributed by atoms with Gasteiger partial charge < -0.3 is 16.8 Å². The normalized spacial score (nSPS) is 12.9. The lowest BCUT2D eigenvalue weighted by Crippen LogP contribution is -2.35. The molecular weight excluding hydrogens is 494 g/mol. The SMILES string of the molecule is NCc1cccc(C(=O)NC(/C=C/C(Cc2ccc3ccccc3c2)C(N)=O)Cc2ccc3ccccc3c2)c1. The van der Waals surface area contributed by atoms with Gasteiger partial charge in [0.25, 0.3) is 5.91 Å². The zero-order valence-corrected chi connectivity index (χ0v) is 22.3. The number of carbonyl (C=O) groups excluding carboxylic acids is 2. The number of rotatable bonds is 10. The number of hydrogen-bond donors (Lipinski definition) is 3. The Labute approximate surface area is 234 Å². The van der Waals surface area contributed by atoms with Crippen molar-refractivity contribution in [2.75, 3.05) is 0 Å². The second-order valence-corrected chi connectivity index (χ2v) is 10.1. The highest BCUT2D eigenvalue weighted by molar-refractivity contribution is 5.94. The van der Waals surface area contributed by atoms with E-state index in [4.69, 9.17) is 11.5 Å². The molecule has 0 aliphatic rings. The molecule has 0 saturated heterocycles. The standard InChI is InChI=1S/C35H33N3O2/c36-23-26-6-5-11-32(21-26)35(40)38-33(22-25-13-15-28-8-2-4-10-30(28)19-25)17-16-31(34(37)39)20-24-12-14-27-7-1-3-9-29(27)18-24/h1-19,21,31,33H,20,22-23,36H2,(H2,37,39)(H,38,40)/b17-16+. The molecular formula is C35H33N3O2. The van der Waals surface area contributed by atoms with Gasteiger partial charge in [0.1, 0.15) is 0 Å². The lowest BCUT2D eigenvalue weighted by atomic mass is 9.94. The Morgan fingerprint density at radius 1 is 0.650 bits per heavy atom. The van der Waals surface area contributed by atoms with E-state index in [0.717, 1.165) is 38.2 Å². The molecule has 0 radical (unpaired) electrons. The van der Waals surface area contributed by atoms with Crippen molar-refractivity contribution in [3.05, 3.63) is 144 Å². The van der Waals surface area contributed by atoms with Crippen LogP contribution in [0.2, 0.25) is 0 Å². The smallest absolute Gasteiger partial charge is 0.251 e. The minimum atomic E-state index is -0.516. The van der Waals surface area contributed by atoms with Gasteiger partial charge in [-0.25, -0.2) is 0 Å². The Kier molecular flexibility index (Phi) is 8.33. The zero-order chi connectivity index (χ0) is 27.9. The van der Waals surface area contributed by atoms with Crippen LogP contribution in [0.4, 0.5) is 0 Å². The van der Waals surface area contributed by atoms with Crippen LogP contribution in [0.3, 0.4) is 0 Å². The predicted molar refractivity (Wildman–Crippen MR) is 163 cm³/mol. The van der Waals surface area contributed by atoms with Crippen LogP contribution in [0.1, 0.15) is 27.0 Å². The highest BCUT2D eigenvalue weighted by Gasteiger charge is 2.17. The molecule has 5 rings (SSSR count). The Morgan fingerprint density at radius 2 is 1.25 bits per heavy atom. The first-order valence-corrected chi connectivity index (χ1v) is 13.5. The van der Waals surface area contributed by atoms with Crippen LogP contribution in [-0.4, -0.2) is 17.9 Å². The van der Waals surface area contributed by atoms with Crippen molar-refractivity contribution < 1.29 is 9.59 Å². The number of fused-ring (bicyclic) bond motifs is 2. The zero-order valence-electron chi connectivity index (χ0n) is 22.3. The molecule has 0 aliphatic heterocycles. The molecule has 0 heterocycles. The molecule has 0 spiro atoms. The highest BCUT2D eigenvalue weighted by Crippen LogP contribution is 2.20. The van der Waals surface area contributed by atoms with Crippen molar-refractivity contribution in [1.29, 1.82) is 0 Å². The number of primary amides is 1. The maximum atomic E-state index is 13.2. The fourth-order valence-corrected chi connectivity index (χ4v) is 5.03. The first-order valence-electron chi connectivity index (χ1n) is 13.5. The number of amides is 2. The highest BCUT2D eigenvalue weighted by atomic mass is 16.2. The molecule has 0 aliphatic carbocycles. The van der Waals surface area contributed by atoms with E-state index in [1.165, 1.54) is 0 Å². The molecule has 0 saturated carbocycles. The topological polar surface area (TPSA) is 98.2 Å². The molecule has 2 atom stereocenters.